The second-order valence-electron chi connectivity index (χ2n) is 15.3. The quantitative estimate of drug-likeness (QED) is 0.0203. The predicted octanol–water partition coefficient (Wildman–Crippen LogP) is 9.11. The van der Waals surface area contributed by atoms with Gasteiger partial charge in [0.25, 0.3) is 10.1 Å². The SMILES string of the molecule is CC/C=C\C/C=C\C/C=C\C/C=C\C/C=C\C/C=C\CCC(=O)OC(COC(=O)CCCCCCCCCCCCCCC)COC1OC(CS(=O)(=O)O)C(O)C(O)C1O. The number of esters is 2. The minimum absolute atomic E-state index is 0.0372. The highest BCUT2D eigenvalue weighted by Crippen LogP contribution is 2.24. The average Bonchev–Trinajstić information content (AvgIpc) is 3.21. The lowest BCUT2D eigenvalue weighted by Gasteiger charge is -2.40. The Labute approximate surface area is 361 Å². The Hall–Kier alpha value is -2.91. The zero-order valence-corrected chi connectivity index (χ0v) is 37.3. The summed E-state index contributed by atoms with van der Waals surface area (Å²) < 4.78 is 53.9. The molecule has 4 N–H and O–H groups in total. The lowest BCUT2D eigenvalue weighted by atomic mass is 10.00. The standard InChI is InChI=1S/C47H78O12S/c1-3-5-7-9-11-13-15-17-18-19-20-21-22-24-26-28-30-32-34-36-43(49)58-40(38-57-47-46(52)45(51)44(50)41(59-47)39-60(53,54)55)37-56-42(48)35-33-31-29-27-25-23-16-14-12-10-8-6-4-2/h5,7,11,13,17-18,20-21,24,26,30,32,40-41,44-47,50-52H,3-4,6,8-10,12,14-16,19,22-23,25,27-29,31,33-39H2,1-2H3,(H,53,54,55)/b7-5-,13-11-,18-17-,21-20-,26-24-,32-30-. The van der Waals surface area contributed by atoms with Crippen molar-refractivity contribution in [3.8, 4) is 0 Å². The molecule has 6 unspecified atom stereocenters. The number of unbranched alkanes of at least 4 members (excludes halogenated alkanes) is 12. The number of carbonyl (C=O) groups is 2. The molecule has 1 heterocycles. The molecule has 1 fully saturated rings. The van der Waals surface area contributed by atoms with E-state index in [9.17, 15) is 37.9 Å². The number of aliphatic hydroxyl groups is 3. The van der Waals surface area contributed by atoms with E-state index in [4.69, 9.17) is 18.9 Å². The summed E-state index contributed by atoms with van der Waals surface area (Å²) in [6, 6.07) is 0. The molecule has 0 aromatic rings. The van der Waals surface area contributed by atoms with Crippen LogP contribution in [-0.4, -0.2) is 96.0 Å². The summed E-state index contributed by atoms with van der Waals surface area (Å²) in [6.07, 6.45) is 36.7. The number of rotatable bonds is 36. The van der Waals surface area contributed by atoms with Crippen LogP contribution in [0.5, 0.6) is 0 Å². The second-order valence-corrected chi connectivity index (χ2v) is 16.8. The van der Waals surface area contributed by atoms with Crippen molar-refractivity contribution < 1.29 is 56.8 Å². The Balaban J connectivity index is 2.52. The van der Waals surface area contributed by atoms with E-state index in [0.717, 1.165) is 51.4 Å². The maximum absolute atomic E-state index is 12.8. The molecule has 0 aliphatic carbocycles. The monoisotopic (exact) mass is 867 g/mol. The van der Waals surface area contributed by atoms with Crippen molar-refractivity contribution in [1.82, 2.24) is 0 Å². The van der Waals surface area contributed by atoms with Crippen molar-refractivity contribution in [2.24, 2.45) is 0 Å². The first-order chi connectivity index (χ1) is 29.0. The zero-order chi connectivity index (χ0) is 44.1. The highest BCUT2D eigenvalue weighted by molar-refractivity contribution is 7.85. The van der Waals surface area contributed by atoms with Gasteiger partial charge in [-0.3, -0.25) is 14.1 Å². The molecule has 12 nitrogen and oxygen atoms in total. The van der Waals surface area contributed by atoms with E-state index in [1.54, 1.807) is 0 Å². The van der Waals surface area contributed by atoms with Gasteiger partial charge >= 0.3 is 11.9 Å². The fraction of sp³-hybridized carbons (Fsp3) is 0.702. The van der Waals surface area contributed by atoms with Crippen LogP contribution in [0, 0.1) is 0 Å². The molecule has 0 radical (unpaired) electrons. The smallest absolute Gasteiger partial charge is 0.306 e. The Morgan fingerprint density at radius 1 is 0.583 bits per heavy atom. The average molecular weight is 867 g/mol. The number of carbonyl (C=O) groups excluding carboxylic acids is 2. The molecule has 0 bridgehead atoms. The van der Waals surface area contributed by atoms with Crippen LogP contribution < -0.4 is 0 Å². The first-order valence-corrected chi connectivity index (χ1v) is 24.1. The molecule has 0 aromatic heterocycles. The van der Waals surface area contributed by atoms with Crippen molar-refractivity contribution in [3.05, 3.63) is 72.9 Å². The Bertz CT molecular complexity index is 1390. The highest BCUT2D eigenvalue weighted by Gasteiger charge is 2.46. The maximum Gasteiger partial charge on any atom is 0.306 e. The zero-order valence-electron chi connectivity index (χ0n) is 36.5. The van der Waals surface area contributed by atoms with Gasteiger partial charge in [-0.2, -0.15) is 8.42 Å². The van der Waals surface area contributed by atoms with Gasteiger partial charge < -0.3 is 34.3 Å². The van der Waals surface area contributed by atoms with Crippen LogP contribution in [0.4, 0.5) is 0 Å². The number of hydrogen-bond acceptors (Lipinski definition) is 11. The molecule has 6 atom stereocenters. The van der Waals surface area contributed by atoms with E-state index in [1.165, 1.54) is 57.8 Å². The predicted molar refractivity (Wildman–Crippen MR) is 238 cm³/mol. The summed E-state index contributed by atoms with van der Waals surface area (Å²) in [5.74, 6) is -2.10. The summed E-state index contributed by atoms with van der Waals surface area (Å²) >= 11 is 0. The van der Waals surface area contributed by atoms with Crippen LogP contribution in [0.3, 0.4) is 0 Å². The molecule has 0 aromatic carbocycles. The molecular weight excluding hydrogens is 789 g/mol. The molecule has 60 heavy (non-hydrogen) atoms. The van der Waals surface area contributed by atoms with Crippen molar-refractivity contribution in [2.45, 2.75) is 192 Å². The number of allylic oxidation sites excluding steroid dienone is 12. The Morgan fingerprint density at radius 3 is 1.53 bits per heavy atom. The van der Waals surface area contributed by atoms with E-state index in [0.29, 0.717) is 19.3 Å². The van der Waals surface area contributed by atoms with Crippen molar-refractivity contribution in [3.63, 3.8) is 0 Å². The summed E-state index contributed by atoms with van der Waals surface area (Å²) in [4.78, 5) is 25.4. The summed E-state index contributed by atoms with van der Waals surface area (Å²) in [7, 11) is -4.61. The number of aliphatic hydroxyl groups excluding tert-OH is 3. The van der Waals surface area contributed by atoms with E-state index >= 15 is 0 Å². The van der Waals surface area contributed by atoms with E-state index in [1.807, 2.05) is 18.2 Å². The third kappa shape index (κ3) is 31.0. The van der Waals surface area contributed by atoms with Crippen LogP contribution in [-0.2, 0) is 38.7 Å². The molecule has 344 valence electrons. The topological polar surface area (TPSA) is 186 Å². The van der Waals surface area contributed by atoms with Crippen LogP contribution in [0.15, 0.2) is 72.9 Å². The Morgan fingerprint density at radius 2 is 1.05 bits per heavy atom. The van der Waals surface area contributed by atoms with Crippen LogP contribution >= 0.6 is 0 Å². The van der Waals surface area contributed by atoms with Gasteiger partial charge in [0.2, 0.25) is 0 Å². The van der Waals surface area contributed by atoms with Crippen LogP contribution in [0.2, 0.25) is 0 Å². The summed E-state index contributed by atoms with van der Waals surface area (Å²) in [5, 5.41) is 30.9. The van der Waals surface area contributed by atoms with Gasteiger partial charge in [-0.15, -0.1) is 0 Å². The second kappa shape index (κ2) is 36.7. The lowest BCUT2D eigenvalue weighted by molar-refractivity contribution is -0.297. The van der Waals surface area contributed by atoms with Gasteiger partial charge in [0, 0.05) is 12.8 Å². The molecule has 1 saturated heterocycles. The molecule has 0 amide bonds. The molecule has 1 rings (SSSR count). The summed E-state index contributed by atoms with van der Waals surface area (Å²) in [5.41, 5.74) is 0. The first kappa shape index (κ1) is 55.1. The van der Waals surface area contributed by atoms with Crippen molar-refractivity contribution >= 4 is 22.1 Å². The molecule has 0 saturated carbocycles. The molecule has 1 aliphatic rings. The van der Waals surface area contributed by atoms with Crippen molar-refractivity contribution in [2.75, 3.05) is 19.0 Å². The van der Waals surface area contributed by atoms with Crippen LogP contribution in [0.25, 0.3) is 0 Å². The maximum atomic E-state index is 12.8. The van der Waals surface area contributed by atoms with Gasteiger partial charge in [-0.05, 0) is 51.4 Å². The van der Waals surface area contributed by atoms with Gasteiger partial charge in [0.1, 0.15) is 36.8 Å². The van der Waals surface area contributed by atoms with Gasteiger partial charge in [0.15, 0.2) is 12.4 Å². The fourth-order valence-electron chi connectivity index (χ4n) is 6.35. The van der Waals surface area contributed by atoms with E-state index in [-0.39, 0.29) is 19.4 Å². The largest absolute Gasteiger partial charge is 0.462 e. The third-order valence-electron chi connectivity index (χ3n) is 9.81. The van der Waals surface area contributed by atoms with Gasteiger partial charge in [0.05, 0.1) is 6.61 Å². The minimum Gasteiger partial charge on any atom is -0.462 e. The molecule has 0 spiro atoms. The Kier molecular flexibility index (Phi) is 33.7. The minimum atomic E-state index is -4.61. The van der Waals surface area contributed by atoms with Crippen LogP contribution in [0.1, 0.15) is 155 Å². The molecule has 1 aliphatic heterocycles. The first-order valence-electron chi connectivity index (χ1n) is 22.5. The van der Waals surface area contributed by atoms with E-state index < -0.39 is 71.2 Å². The highest BCUT2D eigenvalue weighted by atomic mass is 32.2. The van der Waals surface area contributed by atoms with Gasteiger partial charge in [-0.1, -0.05) is 164 Å². The number of ether oxygens (including phenoxy) is 4. The number of hydrogen-bond donors (Lipinski definition) is 4. The molecule has 13 heteroatoms. The third-order valence-corrected chi connectivity index (χ3v) is 10.6. The summed E-state index contributed by atoms with van der Waals surface area (Å²) in [6.45, 7) is 3.57. The van der Waals surface area contributed by atoms with Gasteiger partial charge in [-0.25, -0.2) is 0 Å². The van der Waals surface area contributed by atoms with E-state index in [2.05, 4.69) is 68.5 Å². The molecular formula is C47H78O12S. The fourth-order valence-corrected chi connectivity index (χ4v) is 7.04. The lowest BCUT2D eigenvalue weighted by Crippen LogP contribution is -2.60. The normalized spacial score (nSPS) is 20.8. The van der Waals surface area contributed by atoms with Crippen molar-refractivity contribution in [1.29, 1.82) is 0 Å².